The Balaban J connectivity index is 0.000000209. The number of hydrogen-bond acceptors (Lipinski definition) is 6. The van der Waals surface area contributed by atoms with Crippen LogP contribution >= 0.6 is 10.7 Å². The van der Waals surface area contributed by atoms with Gasteiger partial charge in [-0.25, -0.2) is 16.8 Å². The minimum Gasteiger partial charge on any atom is -0.497 e. The molecular formula is C18H22ClNO6S2. The Bertz CT molecular complexity index is 968. The molecule has 1 fully saturated rings. The lowest BCUT2D eigenvalue weighted by Gasteiger charge is -2.15. The van der Waals surface area contributed by atoms with Crippen molar-refractivity contribution in [1.82, 2.24) is 4.31 Å². The summed E-state index contributed by atoms with van der Waals surface area (Å²) in [5.41, 5.74) is 0. The van der Waals surface area contributed by atoms with Gasteiger partial charge in [-0.3, -0.25) is 0 Å². The second-order valence-electron chi connectivity index (χ2n) is 5.90. The first-order valence-electron chi connectivity index (χ1n) is 8.41. The zero-order valence-corrected chi connectivity index (χ0v) is 17.9. The number of sulfonamides is 1. The summed E-state index contributed by atoms with van der Waals surface area (Å²) in [7, 11) is 1.25. The molecule has 0 aliphatic carbocycles. The van der Waals surface area contributed by atoms with Crippen LogP contribution < -0.4 is 9.47 Å². The monoisotopic (exact) mass is 447 g/mol. The third-order valence-electron chi connectivity index (χ3n) is 4.10. The molecule has 7 nitrogen and oxygen atoms in total. The molecule has 10 heteroatoms. The number of ether oxygens (including phenoxy) is 2. The van der Waals surface area contributed by atoms with Gasteiger partial charge in [-0.15, -0.1) is 0 Å². The van der Waals surface area contributed by atoms with E-state index in [9.17, 15) is 16.8 Å². The minimum atomic E-state index is -3.61. The zero-order chi connectivity index (χ0) is 20.8. The summed E-state index contributed by atoms with van der Waals surface area (Å²) in [5.74, 6) is 1.26. The second kappa shape index (κ2) is 9.60. The maximum atomic E-state index is 12.1. The SMILES string of the molecule is COc1ccc(S(=O)(=O)Cl)cc1.COc1ccc(S(=O)(=O)N2CCCC2)cc1. The lowest BCUT2D eigenvalue weighted by atomic mass is 10.3. The van der Waals surface area contributed by atoms with E-state index in [2.05, 4.69) is 0 Å². The third-order valence-corrected chi connectivity index (χ3v) is 7.39. The highest BCUT2D eigenvalue weighted by Gasteiger charge is 2.26. The van der Waals surface area contributed by atoms with E-state index in [4.69, 9.17) is 20.2 Å². The molecule has 0 bridgehead atoms. The van der Waals surface area contributed by atoms with Crippen molar-refractivity contribution in [3.8, 4) is 11.5 Å². The van der Waals surface area contributed by atoms with Crippen molar-refractivity contribution in [1.29, 1.82) is 0 Å². The van der Waals surface area contributed by atoms with Crippen LogP contribution in [0.15, 0.2) is 58.3 Å². The van der Waals surface area contributed by atoms with Crippen molar-refractivity contribution in [3.05, 3.63) is 48.5 Å². The fraction of sp³-hybridized carbons (Fsp3) is 0.333. The highest BCUT2D eigenvalue weighted by Crippen LogP contribution is 2.22. The van der Waals surface area contributed by atoms with Crippen molar-refractivity contribution in [3.63, 3.8) is 0 Å². The predicted octanol–water partition coefficient (Wildman–Crippen LogP) is 3.10. The molecule has 0 spiro atoms. The highest BCUT2D eigenvalue weighted by atomic mass is 35.7. The molecule has 2 aromatic rings. The van der Waals surface area contributed by atoms with Crippen molar-refractivity contribution < 1.29 is 26.3 Å². The Labute approximate surface area is 170 Å². The molecule has 154 valence electrons. The largest absolute Gasteiger partial charge is 0.497 e. The van der Waals surface area contributed by atoms with Crippen molar-refractivity contribution in [2.24, 2.45) is 0 Å². The Morgan fingerprint density at radius 3 is 1.50 bits per heavy atom. The highest BCUT2D eigenvalue weighted by molar-refractivity contribution is 8.13. The summed E-state index contributed by atoms with van der Waals surface area (Å²) in [5, 5.41) is 0. The number of hydrogen-bond donors (Lipinski definition) is 0. The zero-order valence-electron chi connectivity index (χ0n) is 15.5. The molecule has 0 radical (unpaired) electrons. The lowest BCUT2D eigenvalue weighted by Crippen LogP contribution is -2.27. The quantitative estimate of drug-likeness (QED) is 0.654. The van der Waals surface area contributed by atoms with Crippen LogP contribution in [0.5, 0.6) is 11.5 Å². The third kappa shape index (κ3) is 5.84. The van der Waals surface area contributed by atoms with Crippen LogP contribution in [0, 0.1) is 0 Å². The van der Waals surface area contributed by atoms with Crippen LogP contribution in [0.25, 0.3) is 0 Å². The molecule has 1 saturated heterocycles. The number of nitrogens with zero attached hydrogens (tertiary/aromatic N) is 1. The van der Waals surface area contributed by atoms with E-state index in [0.29, 0.717) is 29.5 Å². The van der Waals surface area contributed by atoms with Gasteiger partial charge in [0, 0.05) is 23.8 Å². The number of halogens is 1. The van der Waals surface area contributed by atoms with Gasteiger partial charge < -0.3 is 9.47 Å². The van der Waals surface area contributed by atoms with Crippen LogP contribution in [-0.2, 0) is 19.1 Å². The minimum absolute atomic E-state index is 0.0740. The summed E-state index contributed by atoms with van der Waals surface area (Å²) in [4.78, 5) is 0.417. The standard InChI is InChI=1S/C11H15NO3S.C7H7ClO3S/c1-15-10-4-6-11(7-5-10)16(13,14)12-8-2-3-9-12;1-11-6-2-4-7(5-3-6)12(8,9)10/h4-7H,2-3,8-9H2,1H3;2-5H,1H3. The summed E-state index contributed by atoms with van der Waals surface area (Å²) >= 11 is 0. The van der Waals surface area contributed by atoms with E-state index < -0.39 is 19.1 Å². The molecule has 1 aliphatic heterocycles. The summed E-state index contributed by atoms with van der Waals surface area (Å²) in [6.45, 7) is 1.27. The topological polar surface area (TPSA) is 90.0 Å². The van der Waals surface area contributed by atoms with Crippen LogP contribution in [-0.4, -0.2) is 48.4 Å². The average molecular weight is 448 g/mol. The van der Waals surface area contributed by atoms with Crippen LogP contribution in [0.1, 0.15) is 12.8 Å². The molecule has 1 heterocycles. The summed E-state index contributed by atoms with van der Waals surface area (Å²) in [6.07, 6.45) is 1.91. The molecule has 3 rings (SSSR count). The molecule has 0 saturated carbocycles. The lowest BCUT2D eigenvalue weighted by molar-refractivity contribution is 0.414. The molecule has 0 atom stereocenters. The van der Waals surface area contributed by atoms with Gasteiger partial charge in [0.15, 0.2) is 0 Å². The Hall–Kier alpha value is -1.81. The maximum absolute atomic E-state index is 12.1. The van der Waals surface area contributed by atoms with E-state index in [-0.39, 0.29) is 4.90 Å². The average Bonchev–Trinajstić information content (AvgIpc) is 3.24. The van der Waals surface area contributed by atoms with Crippen molar-refractivity contribution in [2.75, 3.05) is 27.3 Å². The van der Waals surface area contributed by atoms with Crippen LogP contribution in [0.2, 0.25) is 0 Å². The fourth-order valence-corrected chi connectivity index (χ4v) is 4.85. The van der Waals surface area contributed by atoms with E-state index in [1.165, 1.54) is 35.7 Å². The molecule has 0 N–H and O–H groups in total. The summed E-state index contributed by atoms with van der Waals surface area (Å²) < 4.78 is 57.1. The van der Waals surface area contributed by atoms with E-state index in [1.807, 2.05) is 0 Å². The van der Waals surface area contributed by atoms with Crippen molar-refractivity contribution >= 4 is 29.8 Å². The number of methoxy groups -OCH3 is 2. The van der Waals surface area contributed by atoms with Gasteiger partial charge in [-0.1, -0.05) is 0 Å². The van der Waals surface area contributed by atoms with E-state index in [1.54, 1.807) is 31.4 Å². The molecule has 2 aromatic carbocycles. The van der Waals surface area contributed by atoms with Gasteiger partial charge in [-0.2, -0.15) is 4.31 Å². The van der Waals surface area contributed by atoms with Gasteiger partial charge in [0.2, 0.25) is 10.0 Å². The van der Waals surface area contributed by atoms with Crippen LogP contribution in [0.4, 0.5) is 0 Å². The van der Waals surface area contributed by atoms with Gasteiger partial charge in [-0.05, 0) is 61.4 Å². The Kier molecular flexibility index (Phi) is 7.70. The molecule has 28 heavy (non-hydrogen) atoms. The van der Waals surface area contributed by atoms with Gasteiger partial charge >= 0.3 is 0 Å². The maximum Gasteiger partial charge on any atom is 0.261 e. The predicted molar refractivity (Wildman–Crippen MR) is 107 cm³/mol. The summed E-state index contributed by atoms with van der Waals surface area (Å²) in [6, 6.07) is 12.4. The smallest absolute Gasteiger partial charge is 0.261 e. The molecule has 0 aromatic heterocycles. The van der Waals surface area contributed by atoms with E-state index in [0.717, 1.165) is 12.8 Å². The Morgan fingerprint density at radius 1 is 0.750 bits per heavy atom. The number of rotatable bonds is 5. The first-order chi connectivity index (χ1) is 13.2. The van der Waals surface area contributed by atoms with Gasteiger partial charge in [0.25, 0.3) is 9.05 Å². The second-order valence-corrected chi connectivity index (χ2v) is 10.4. The molecule has 0 unspecified atom stereocenters. The van der Waals surface area contributed by atoms with E-state index >= 15 is 0 Å². The number of benzene rings is 2. The van der Waals surface area contributed by atoms with Crippen molar-refractivity contribution in [2.45, 2.75) is 22.6 Å². The van der Waals surface area contributed by atoms with Gasteiger partial charge in [0.1, 0.15) is 11.5 Å². The Morgan fingerprint density at radius 2 is 1.14 bits per heavy atom. The van der Waals surface area contributed by atoms with Gasteiger partial charge in [0.05, 0.1) is 24.0 Å². The molecule has 1 aliphatic rings. The fourth-order valence-electron chi connectivity index (χ4n) is 2.56. The van der Waals surface area contributed by atoms with Crippen LogP contribution in [0.3, 0.4) is 0 Å². The normalized spacial score (nSPS) is 14.8. The first kappa shape index (κ1) is 22.5. The molecule has 0 amide bonds. The molecular weight excluding hydrogens is 426 g/mol. The first-order valence-corrected chi connectivity index (χ1v) is 12.2.